The third-order valence-electron chi connectivity index (χ3n) is 3.14. The minimum absolute atomic E-state index is 0.133. The molecule has 0 fully saturated rings. The third kappa shape index (κ3) is 2.56. The van der Waals surface area contributed by atoms with Gasteiger partial charge in [-0.15, -0.1) is 0 Å². The van der Waals surface area contributed by atoms with Gasteiger partial charge in [-0.3, -0.25) is 4.79 Å². The van der Waals surface area contributed by atoms with Gasteiger partial charge < -0.3 is 4.90 Å². The maximum Gasteiger partial charge on any atom is 0.134 e. The molecule has 0 saturated heterocycles. The molecule has 0 saturated carbocycles. The number of carbonyl (C=O) groups excluding carboxylic acids is 1. The Kier molecular flexibility index (Phi) is 4.03. The minimum Gasteiger partial charge on any atom is -0.369 e. The first-order valence-electron chi connectivity index (χ1n) is 6.02. The van der Waals surface area contributed by atoms with Gasteiger partial charge in [0.25, 0.3) is 0 Å². The summed E-state index contributed by atoms with van der Waals surface area (Å²) >= 11 is 3.44. The number of rotatable bonds is 4. The largest absolute Gasteiger partial charge is 0.369 e. The van der Waals surface area contributed by atoms with Gasteiger partial charge in [-0.25, -0.2) is 0 Å². The Morgan fingerprint density at radius 2 is 2.33 bits per heavy atom. The highest BCUT2D eigenvalue weighted by molar-refractivity contribution is 9.09. The first-order chi connectivity index (χ1) is 8.65. The van der Waals surface area contributed by atoms with Crippen molar-refractivity contribution in [1.82, 2.24) is 0 Å². The molecule has 0 N–H and O–H groups in total. The van der Waals surface area contributed by atoms with Crippen LogP contribution in [0.5, 0.6) is 0 Å². The van der Waals surface area contributed by atoms with E-state index in [-0.39, 0.29) is 5.78 Å². The SMILES string of the molecule is CC(=O)Cc1cc(C#N)c2c(c1)CCN2CCBr. The van der Waals surface area contributed by atoms with Gasteiger partial charge in [0.05, 0.1) is 11.3 Å². The normalized spacial score (nSPS) is 13.3. The zero-order valence-electron chi connectivity index (χ0n) is 10.4. The maximum absolute atomic E-state index is 11.2. The molecule has 0 spiro atoms. The lowest BCUT2D eigenvalue weighted by Crippen LogP contribution is -2.23. The van der Waals surface area contributed by atoms with Gasteiger partial charge in [-0.1, -0.05) is 22.0 Å². The predicted molar refractivity (Wildman–Crippen MR) is 75.3 cm³/mol. The molecule has 0 amide bonds. The van der Waals surface area contributed by atoms with Crippen molar-refractivity contribution >= 4 is 27.4 Å². The number of hydrogen-bond acceptors (Lipinski definition) is 3. The molecule has 0 atom stereocenters. The molecule has 0 aliphatic carbocycles. The topological polar surface area (TPSA) is 44.1 Å². The van der Waals surface area contributed by atoms with Gasteiger partial charge in [0.2, 0.25) is 0 Å². The zero-order valence-corrected chi connectivity index (χ0v) is 12.0. The molecule has 1 aliphatic heterocycles. The molecule has 1 aromatic rings. The average molecular weight is 307 g/mol. The van der Waals surface area contributed by atoms with Crippen LogP contribution in [0, 0.1) is 11.3 Å². The van der Waals surface area contributed by atoms with Gasteiger partial charge in [-0.05, 0) is 30.5 Å². The van der Waals surface area contributed by atoms with Crippen LogP contribution in [0.25, 0.3) is 0 Å². The van der Waals surface area contributed by atoms with Crippen LogP contribution in [0.3, 0.4) is 0 Å². The Balaban J connectivity index is 2.40. The summed E-state index contributed by atoms with van der Waals surface area (Å²) in [5, 5.41) is 10.2. The molecule has 1 aromatic carbocycles. The lowest BCUT2D eigenvalue weighted by molar-refractivity contribution is -0.116. The van der Waals surface area contributed by atoms with E-state index in [0.717, 1.165) is 36.1 Å². The highest BCUT2D eigenvalue weighted by Gasteiger charge is 2.23. The molecule has 0 bridgehead atoms. The van der Waals surface area contributed by atoms with Gasteiger partial charge in [0.1, 0.15) is 11.9 Å². The van der Waals surface area contributed by atoms with Gasteiger partial charge in [0.15, 0.2) is 0 Å². The van der Waals surface area contributed by atoms with E-state index >= 15 is 0 Å². The summed E-state index contributed by atoms with van der Waals surface area (Å²) in [6, 6.07) is 6.19. The number of nitrogens with zero attached hydrogens (tertiary/aromatic N) is 2. The quantitative estimate of drug-likeness (QED) is 0.803. The maximum atomic E-state index is 11.2. The number of nitriles is 1. The monoisotopic (exact) mass is 306 g/mol. The fourth-order valence-corrected chi connectivity index (χ4v) is 2.92. The second kappa shape index (κ2) is 5.53. The van der Waals surface area contributed by atoms with E-state index in [1.165, 1.54) is 5.56 Å². The molecule has 1 aliphatic rings. The summed E-state index contributed by atoms with van der Waals surface area (Å²) in [5.74, 6) is 0.133. The Labute approximate surface area is 116 Å². The fourth-order valence-electron chi connectivity index (χ4n) is 2.49. The molecular weight excluding hydrogens is 292 g/mol. The number of halogens is 1. The molecule has 2 rings (SSSR count). The number of Topliss-reactive ketones (excluding diaryl/α,β-unsaturated/α-hetero) is 1. The van der Waals surface area contributed by atoms with E-state index in [9.17, 15) is 10.1 Å². The molecule has 94 valence electrons. The van der Waals surface area contributed by atoms with Crippen LogP contribution in [0.1, 0.15) is 23.6 Å². The van der Waals surface area contributed by atoms with Crippen molar-refractivity contribution < 1.29 is 4.79 Å². The summed E-state index contributed by atoms with van der Waals surface area (Å²) < 4.78 is 0. The van der Waals surface area contributed by atoms with Gasteiger partial charge in [-0.2, -0.15) is 5.26 Å². The summed E-state index contributed by atoms with van der Waals surface area (Å²) in [6.45, 7) is 3.45. The van der Waals surface area contributed by atoms with E-state index in [0.29, 0.717) is 12.0 Å². The van der Waals surface area contributed by atoms with Crippen LogP contribution in [0.4, 0.5) is 5.69 Å². The van der Waals surface area contributed by atoms with Crippen molar-refractivity contribution in [3.63, 3.8) is 0 Å². The summed E-state index contributed by atoms with van der Waals surface area (Å²) in [7, 11) is 0. The van der Waals surface area contributed by atoms with E-state index < -0.39 is 0 Å². The Morgan fingerprint density at radius 3 is 2.94 bits per heavy atom. The Bertz CT molecular complexity index is 519. The third-order valence-corrected chi connectivity index (χ3v) is 3.50. The standard InChI is InChI=1S/C14H15BrN2O/c1-10(18)6-11-7-12-2-4-17(5-3-15)14(12)13(8-11)9-16/h7-8H,2-6H2,1H3. The summed E-state index contributed by atoms with van der Waals surface area (Å²) in [5.41, 5.74) is 3.91. The van der Waals surface area contributed by atoms with Crippen LogP contribution in [0.15, 0.2) is 12.1 Å². The van der Waals surface area contributed by atoms with Gasteiger partial charge in [0, 0.05) is 24.8 Å². The van der Waals surface area contributed by atoms with Crippen LogP contribution >= 0.6 is 15.9 Å². The van der Waals surface area contributed by atoms with E-state index in [2.05, 4.69) is 33.0 Å². The van der Waals surface area contributed by atoms with Crippen LogP contribution in [-0.4, -0.2) is 24.2 Å². The zero-order chi connectivity index (χ0) is 13.1. The van der Waals surface area contributed by atoms with E-state index in [1.807, 2.05) is 6.07 Å². The van der Waals surface area contributed by atoms with Crippen molar-refractivity contribution in [2.45, 2.75) is 19.8 Å². The Hall–Kier alpha value is -1.34. The van der Waals surface area contributed by atoms with Crippen molar-refractivity contribution in [1.29, 1.82) is 5.26 Å². The lowest BCUT2D eigenvalue weighted by Gasteiger charge is -2.19. The number of ketones is 1. The molecule has 3 nitrogen and oxygen atoms in total. The number of alkyl halides is 1. The highest BCUT2D eigenvalue weighted by atomic mass is 79.9. The minimum atomic E-state index is 0.133. The summed E-state index contributed by atoms with van der Waals surface area (Å²) in [6.07, 6.45) is 1.38. The van der Waals surface area contributed by atoms with Crippen molar-refractivity contribution in [2.24, 2.45) is 0 Å². The highest BCUT2D eigenvalue weighted by Crippen LogP contribution is 2.32. The predicted octanol–water partition coefficient (Wildman–Crippen LogP) is 2.45. The second-order valence-corrected chi connectivity index (χ2v) is 5.36. The number of anilines is 1. The number of benzene rings is 1. The van der Waals surface area contributed by atoms with E-state index in [1.54, 1.807) is 6.92 Å². The number of carbonyl (C=O) groups is 1. The fraction of sp³-hybridized carbons (Fsp3) is 0.429. The lowest BCUT2D eigenvalue weighted by atomic mass is 10.0. The van der Waals surface area contributed by atoms with Crippen LogP contribution in [-0.2, 0) is 17.6 Å². The van der Waals surface area contributed by atoms with Crippen molar-refractivity contribution in [3.8, 4) is 6.07 Å². The van der Waals surface area contributed by atoms with Crippen molar-refractivity contribution in [2.75, 3.05) is 23.3 Å². The average Bonchev–Trinajstić information content (AvgIpc) is 2.71. The molecule has 0 unspecified atom stereocenters. The molecular formula is C14H15BrN2O. The second-order valence-electron chi connectivity index (χ2n) is 4.57. The van der Waals surface area contributed by atoms with Gasteiger partial charge >= 0.3 is 0 Å². The number of hydrogen-bond donors (Lipinski definition) is 0. The molecule has 0 radical (unpaired) electrons. The molecule has 18 heavy (non-hydrogen) atoms. The Morgan fingerprint density at radius 1 is 1.56 bits per heavy atom. The van der Waals surface area contributed by atoms with Crippen molar-refractivity contribution in [3.05, 3.63) is 28.8 Å². The first kappa shape index (κ1) is 13.1. The van der Waals surface area contributed by atoms with E-state index in [4.69, 9.17) is 0 Å². The molecule has 1 heterocycles. The van der Waals surface area contributed by atoms with Crippen LogP contribution < -0.4 is 4.90 Å². The molecule has 4 heteroatoms. The number of fused-ring (bicyclic) bond motifs is 1. The smallest absolute Gasteiger partial charge is 0.134 e. The summed E-state index contributed by atoms with van der Waals surface area (Å²) in [4.78, 5) is 13.4. The first-order valence-corrected chi connectivity index (χ1v) is 7.14. The van der Waals surface area contributed by atoms with Crippen LogP contribution in [0.2, 0.25) is 0 Å². The molecule has 0 aromatic heterocycles.